The lowest BCUT2D eigenvalue weighted by atomic mass is 9.85. The Morgan fingerprint density at radius 2 is 1.83 bits per heavy atom. The molecule has 0 saturated heterocycles. The zero-order valence-corrected chi connectivity index (χ0v) is 10.6. The molecule has 0 amide bonds. The standard InChI is InChI=1S/C17H15B/c1-12-4-2-5-14-10-11-16(18)15-7-3-6-13(9-8-12)17(14)15/h2-4,6-8,10-11H,5,9H2,1H3/b4-2-,12-8-. The van der Waals surface area contributed by atoms with Crippen LogP contribution in [0, 0.1) is 0 Å². The Kier molecular flexibility index (Phi) is 2.83. The minimum atomic E-state index is 0.875. The van der Waals surface area contributed by atoms with Crippen molar-refractivity contribution in [3.8, 4) is 0 Å². The molecule has 18 heavy (non-hydrogen) atoms. The van der Waals surface area contributed by atoms with Crippen LogP contribution in [0.5, 0.6) is 0 Å². The molecule has 0 aliphatic heterocycles. The van der Waals surface area contributed by atoms with Gasteiger partial charge in [0, 0.05) is 0 Å². The maximum Gasteiger partial charge on any atom is 0.114 e. The van der Waals surface area contributed by atoms with E-state index in [0.29, 0.717) is 0 Å². The molecule has 1 aliphatic rings. The van der Waals surface area contributed by atoms with Crippen molar-refractivity contribution in [2.24, 2.45) is 0 Å². The van der Waals surface area contributed by atoms with Gasteiger partial charge in [0.1, 0.15) is 7.85 Å². The predicted octanol–water partition coefficient (Wildman–Crippen LogP) is 3.23. The van der Waals surface area contributed by atoms with Crippen molar-refractivity contribution in [1.82, 2.24) is 0 Å². The highest BCUT2D eigenvalue weighted by molar-refractivity contribution is 6.39. The van der Waals surface area contributed by atoms with Crippen LogP contribution < -0.4 is 5.46 Å². The van der Waals surface area contributed by atoms with Gasteiger partial charge in [-0.15, -0.1) is 0 Å². The second kappa shape index (κ2) is 4.49. The molecular weight excluding hydrogens is 215 g/mol. The van der Waals surface area contributed by atoms with Crippen molar-refractivity contribution < 1.29 is 0 Å². The first kappa shape index (κ1) is 11.3. The van der Waals surface area contributed by atoms with Gasteiger partial charge < -0.3 is 0 Å². The molecule has 0 fully saturated rings. The molecule has 86 valence electrons. The number of benzene rings is 2. The van der Waals surface area contributed by atoms with E-state index in [9.17, 15) is 0 Å². The molecule has 2 radical (unpaired) electrons. The van der Waals surface area contributed by atoms with E-state index in [1.807, 2.05) is 6.07 Å². The summed E-state index contributed by atoms with van der Waals surface area (Å²) < 4.78 is 0. The number of allylic oxidation sites excluding steroid dienone is 4. The fourth-order valence-electron chi connectivity index (χ4n) is 2.63. The van der Waals surface area contributed by atoms with Crippen molar-refractivity contribution in [1.29, 1.82) is 0 Å². The summed E-state index contributed by atoms with van der Waals surface area (Å²) in [5.74, 6) is 0. The largest absolute Gasteiger partial charge is 0.114 e. The van der Waals surface area contributed by atoms with Gasteiger partial charge in [0.25, 0.3) is 0 Å². The molecule has 3 rings (SSSR count). The summed E-state index contributed by atoms with van der Waals surface area (Å²) in [6, 6.07) is 10.6. The summed E-state index contributed by atoms with van der Waals surface area (Å²) in [6.07, 6.45) is 8.67. The van der Waals surface area contributed by atoms with Gasteiger partial charge in [0.15, 0.2) is 0 Å². The van der Waals surface area contributed by atoms with E-state index in [1.165, 1.54) is 27.5 Å². The first-order chi connectivity index (χ1) is 8.75. The van der Waals surface area contributed by atoms with E-state index in [2.05, 4.69) is 49.4 Å². The topological polar surface area (TPSA) is 0 Å². The Morgan fingerprint density at radius 1 is 1.00 bits per heavy atom. The lowest BCUT2D eigenvalue weighted by Crippen LogP contribution is -2.06. The van der Waals surface area contributed by atoms with Gasteiger partial charge in [-0.3, -0.25) is 0 Å². The third-order valence-corrected chi connectivity index (χ3v) is 3.61. The molecule has 1 heteroatoms. The normalized spacial score (nSPS) is 19.5. The molecular formula is C17H15B. The molecule has 0 aromatic heterocycles. The van der Waals surface area contributed by atoms with E-state index >= 15 is 0 Å². The molecule has 0 nitrogen and oxygen atoms in total. The van der Waals surface area contributed by atoms with Crippen LogP contribution in [-0.4, -0.2) is 7.85 Å². The van der Waals surface area contributed by atoms with Gasteiger partial charge in [0.2, 0.25) is 0 Å². The van der Waals surface area contributed by atoms with E-state index in [-0.39, 0.29) is 0 Å². The monoisotopic (exact) mass is 230 g/mol. The Morgan fingerprint density at radius 3 is 2.72 bits per heavy atom. The Hall–Kier alpha value is -1.76. The molecule has 0 unspecified atom stereocenters. The maximum atomic E-state index is 6.10. The second-order valence-corrected chi connectivity index (χ2v) is 4.91. The molecule has 0 N–H and O–H groups in total. The van der Waals surface area contributed by atoms with Crippen LogP contribution in [-0.2, 0) is 12.8 Å². The van der Waals surface area contributed by atoms with Crippen molar-refractivity contribution in [3.05, 3.63) is 65.3 Å². The zero-order chi connectivity index (χ0) is 12.5. The zero-order valence-electron chi connectivity index (χ0n) is 10.6. The predicted molar refractivity (Wildman–Crippen MR) is 79.6 cm³/mol. The van der Waals surface area contributed by atoms with Crippen molar-refractivity contribution in [3.63, 3.8) is 0 Å². The lowest BCUT2D eigenvalue weighted by molar-refractivity contribution is 1.26. The first-order valence-corrected chi connectivity index (χ1v) is 6.38. The van der Waals surface area contributed by atoms with Gasteiger partial charge in [-0.25, -0.2) is 0 Å². The molecule has 0 saturated carbocycles. The van der Waals surface area contributed by atoms with E-state index in [1.54, 1.807) is 0 Å². The number of rotatable bonds is 0. The quantitative estimate of drug-likeness (QED) is 0.609. The Bertz CT molecular complexity index is 663. The summed E-state index contributed by atoms with van der Waals surface area (Å²) in [4.78, 5) is 0. The van der Waals surface area contributed by atoms with Crippen LogP contribution in [0.15, 0.2) is 54.1 Å². The second-order valence-electron chi connectivity index (χ2n) is 4.91. The van der Waals surface area contributed by atoms with Crippen LogP contribution in [0.1, 0.15) is 18.1 Å². The van der Waals surface area contributed by atoms with Crippen LogP contribution >= 0.6 is 0 Å². The first-order valence-electron chi connectivity index (χ1n) is 6.38. The Labute approximate surface area is 109 Å². The number of hydrogen-bond acceptors (Lipinski definition) is 0. The van der Waals surface area contributed by atoms with Gasteiger partial charge in [-0.1, -0.05) is 59.6 Å². The summed E-state index contributed by atoms with van der Waals surface area (Å²) in [5.41, 5.74) is 4.94. The fourth-order valence-corrected chi connectivity index (χ4v) is 2.63. The van der Waals surface area contributed by atoms with Gasteiger partial charge in [-0.2, -0.15) is 0 Å². The van der Waals surface area contributed by atoms with Crippen LogP contribution in [0.25, 0.3) is 10.8 Å². The van der Waals surface area contributed by atoms with E-state index in [4.69, 9.17) is 7.85 Å². The average molecular weight is 230 g/mol. The minimum Gasteiger partial charge on any atom is -0.0889 e. The maximum absolute atomic E-state index is 6.10. The van der Waals surface area contributed by atoms with Gasteiger partial charge in [0.05, 0.1) is 0 Å². The molecule has 0 atom stereocenters. The molecule has 1 aliphatic carbocycles. The van der Waals surface area contributed by atoms with Crippen LogP contribution in [0.3, 0.4) is 0 Å². The van der Waals surface area contributed by atoms with Crippen LogP contribution in [0.4, 0.5) is 0 Å². The highest BCUT2D eigenvalue weighted by Gasteiger charge is 2.07. The number of hydrogen-bond donors (Lipinski definition) is 0. The van der Waals surface area contributed by atoms with Crippen LogP contribution in [0.2, 0.25) is 0 Å². The molecule has 2 aromatic rings. The van der Waals surface area contributed by atoms with Crippen molar-refractivity contribution in [2.75, 3.05) is 0 Å². The summed E-state index contributed by atoms with van der Waals surface area (Å²) in [5, 5.41) is 2.53. The summed E-state index contributed by atoms with van der Waals surface area (Å²) >= 11 is 0. The van der Waals surface area contributed by atoms with Gasteiger partial charge in [-0.05, 0) is 41.7 Å². The van der Waals surface area contributed by atoms with Gasteiger partial charge >= 0.3 is 0 Å². The molecule has 0 spiro atoms. The highest BCUT2D eigenvalue weighted by Crippen LogP contribution is 2.24. The Balaban J connectivity index is 2.34. The minimum absolute atomic E-state index is 0.875. The fraction of sp³-hybridized carbons (Fsp3) is 0.176. The van der Waals surface area contributed by atoms with Crippen molar-refractivity contribution >= 4 is 24.1 Å². The third kappa shape index (κ3) is 1.90. The van der Waals surface area contributed by atoms with E-state index in [0.717, 1.165) is 18.3 Å². The van der Waals surface area contributed by atoms with Crippen molar-refractivity contribution in [2.45, 2.75) is 19.8 Å². The molecule has 0 heterocycles. The summed E-state index contributed by atoms with van der Waals surface area (Å²) in [7, 11) is 6.10. The molecule has 0 bridgehead atoms. The average Bonchev–Trinajstić information content (AvgIpc) is 2.45. The third-order valence-electron chi connectivity index (χ3n) is 3.61. The SMILES string of the molecule is [B]c1ccc2c3c(cccc13)C/C=C(C)\C=C/C2. The molecule has 2 aromatic carbocycles. The smallest absolute Gasteiger partial charge is 0.0889 e. The summed E-state index contributed by atoms with van der Waals surface area (Å²) in [6.45, 7) is 2.15. The van der Waals surface area contributed by atoms with E-state index < -0.39 is 0 Å². The lowest BCUT2D eigenvalue weighted by Gasteiger charge is -2.11. The highest BCUT2D eigenvalue weighted by atomic mass is 14.1.